The van der Waals surface area contributed by atoms with Gasteiger partial charge in [0.2, 0.25) is 0 Å². The summed E-state index contributed by atoms with van der Waals surface area (Å²) in [7, 11) is 0. The van der Waals surface area contributed by atoms with E-state index in [-0.39, 0.29) is 10.3 Å². The van der Waals surface area contributed by atoms with Crippen molar-refractivity contribution in [1.29, 1.82) is 0 Å². The summed E-state index contributed by atoms with van der Waals surface area (Å²) in [5.41, 5.74) is 4.11. The molecule has 6 heteroatoms. The molecule has 0 unspecified atom stereocenters. The van der Waals surface area contributed by atoms with Crippen molar-refractivity contribution < 1.29 is 0 Å². The molecule has 0 radical (unpaired) electrons. The van der Waals surface area contributed by atoms with E-state index in [0.29, 0.717) is 0 Å². The van der Waals surface area contributed by atoms with Crippen molar-refractivity contribution in [3.05, 3.63) is 50.4 Å². The second kappa shape index (κ2) is 5.13. The smallest absolute Gasteiger partial charge is 0.167 e. The molecule has 1 aromatic carbocycles. The largest absolute Gasteiger partial charge is 0.367 e. The molecule has 0 spiro atoms. The molecular weight excluding hydrogens is 325 g/mol. The maximum absolute atomic E-state index is 5.96. The number of aromatic nitrogens is 2. The van der Waals surface area contributed by atoms with E-state index < -0.39 is 0 Å². The van der Waals surface area contributed by atoms with E-state index in [4.69, 9.17) is 23.2 Å². The van der Waals surface area contributed by atoms with E-state index in [1.165, 1.54) is 10.4 Å². The first-order valence-electron chi connectivity index (χ1n) is 6.64. The molecule has 21 heavy (non-hydrogen) atoms. The third-order valence-corrected chi connectivity index (χ3v) is 5.39. The lowest BCUT2D eigenvalue weighted by atomic mass is 10.1. The summed E-state index contributed by atoms with van der Waals surface area (Å²) in [6, 6.07) is 8.26. The highest BCUT2D eigenvalue weighted by Gasteiger charge is 2.18. The molecule has 0 bridgehead atoms. The van der Waals surface area contributed by atoms with Gasteiger partial charge in [-0.3, -0.25) is 0 Å². The Bertz CT molecular complexity index is 831. The normalized spacial score (nSPS) is 14.5. The van der Waals surface area contributed by atoms with Crippen molar-refractivity contribution in [2.45, 2.75) is 13.0 Å². The molecule has 4 rings (SSSR count). The lowest BCUT2D eigenvalue weighted by Gasteiger charge is -2.29. The third kappa shape index (κ3) is 2.37. The zero-order chi connectivity index (χ0) is 14.4. The fraction of sp³-hybridized carbons (Fsp3) is 0.200. The number of benzene rings is 1. The number of halogens is 2. The van der Waals surface area contributed by atoms with Gasteiger partial charge in [-0.25, -0.2) is 9.97 Å². The molecule has 1 aliphatic heterocycles. The average molecular weight is 336 g/mol. The summed E-state index contributed by atoms with van der Waals surface area (Å²) in [4.78, 5) is 12.4. The Labute approximate surface area is 136 Å². The fourth-order valence-corrected chi connectivity index (χ4v) is 3.82. The van der Waals surface area contributed by atoms with Crippen molar-refractivity contribution in [2.24, 2.45) is 0 Å². The minimum absolute atomic E-state index is 0.248. The lowest BCUT2D eigenvalue weighted by molar-refractivity contribution is 0.744. The van der Waals surface area contributed by atoms with Crippen LogP contribution in [-0.4, -0.2) is 16.5 Å². The van der Waals surface area contributed by atoms with E-state index in [2.05, 4.69) is 32.4 Å². The fourth-order valence-electron chi connectivity index (χ4n) is 2.67. The first-order valence-corrected chi connectivity index (χ1v) is 8.27. The highest BCUT2D eigenvalue weighted by Crippen LogP contribution is 2.30. The number of thiophene rings is 1. The van der Waals surface area contributed by atoms with Gasteiger partial charge in [-0.2, -0.15) is 0 Å². The number of rotatable bonds is 1. The minimum Gasteiger partial charge on any atom is -0.367 e. The van der Waals surface area contributed by atoms with Gasteiger partial charge in [0.1, 0.15) is 0 Å². The van der Waals surface area contributed by atoms with Crippen molar-refractivity contribution in [3.63, 3.8) is 0 Å². The van der Waals surface area contributed by atoms with Crippen LogP contribution in [0.1, 0.15) is 10.4 Å². The van der Waals surface area contributed by atoms with Crippen LogP contribution in [0.5, 0.6) is 0 Å². The van der Waals surface area contributed by atoms with Crippen molar-refractivity contribution >= 4 is 51.3 Å². The Morgan fingerprint density at radius 3 is 2.71 bits per heavy atom. The average Bonchev–Trinajstić information content (AvgIpc) is 2.95. The molecule has 3 aromatic rings. The van der Waals surface area contributed by atoms with Crippen LogP contribution in [0.25, 0.3) is 11.0 Å². The van der Waals surface area contributed by atoms with Crippen LogP contribution in [0, 0.1) is 0 Å². The minimum atomic E-state index is 0.248. The lowest BCUT2D eigenvalue weighted by Crippen LogP contribution is -2.29. The molecule has 0 amide bonds. The maximum Gasteiger partial charge on any atom is 0.167 e. The zero-order valence-electron chi connectivity index (χ0n) is 11.0. The van der Waals surface area contributed by atoms with E-state index in [1.807, 2.05) is 23.5 Å². The van der Waals surface area contributed by atoms with Crippen LogP contribution in [-0.2, 0) is 13.0 Å². The quantitative estimate of drug-likeness (QED) is 0.652. The van der Waals surface area contributed by atoms with Crippen LogP contribution >= 0.6 is 34.5 Å². The zero-order valence-corrected chi connectivity index (χ0v) is 13.3. The monoisotopic (exact) mass is 335 g/mol. The van der Waals surface area contributed by atoms with Crippen molar-refractivity contribution in [2.75, 3.05) is 11.4 Å². The van der Waals surface area contributed by atoms with Gasteiger partial charge in [-0.05, 0) is 41.6 Å². The molecular formula is C15H11Cl2N3S. The van der Waals surface area contributed by atoms with Gasteiger partial charge in [-0.15, -0.1) is 11.3 Å². The second-order valence-corrected chi connectivity index (χ2v) is 6.74. The van der Waals surface area contributed by atoms with Gasteiger partial charge in [-0.1, -0.05) is 23.2 Å². The van der Waals surface area contributed by atoms with Gasteiger partial charge in [0.15, 0.2) is 10.3 Å². The van der Waals surface area contributed by atoms with Gasteiger partial charge >= 0.3 is 0 Å². The highest BCUT2D eigenvalue weighted by atomic mass is 35.5. The van der Waals surface area contributed by atoms with Crippen LogP contribution < -0.4 is 4.90 Å². The summed E-state index contributed by atoms with van der Waals surface area (Å²) < 4.78 is 0. The molecule has 0 saturated heterocycles. The summed E-state index contributed by atoms with van der Waals surface area (Å²) in [5, 5.41) is 2.67. The highest BCUT2D eigenvalue weighted by molar-refractivity contribution is 7.10. The first-order chi connectivity index (χ1) is 10.2. The number of hydrogen-bond donors (Lipinski definition) is 0. The number of nitrogens with zero attached hydrogens (tertiary/aromatic N) is 3. The molecule has 106 valence electrons. The summed E-state index contributed by atoms with van der Waals surface area (Å²) >= 11 is 13.7. The Balaban J connectivity index is 1.73. The molecule has 3 heterocycles. The van der Waals surface area contributed by atoms with Crippen LogP contribution in [0.3, 0.4) is 0 Å². The molecule has 0 aliphatic carbocycles. The molecule has 0 fully saturated rings. The first kappa shape index (κ1) is 13.3. The van der Waals surface area contributed by atoms with E-state index in [1.54, 1.807) is 0 Å². The molecule has 0 N–H and O–H groups in total. The third-order valence-electron chi connectivity index (χ3n) is 3.74. The predicted octanol–water partition coefficient (Wildman–Crippen LogP) is 4.56. The van der Waals surface area contributed by atoms with E-state index in [9.17, 15) is 0 Å². The van der Waals surface area contributed by atoms with E-state index in [0.717, 1.165) is 36.2 Å². The molecule has 3 nitrogen and oxygen atoms in total. The summed E-state index contributed by atoms with van der Waals surface area (Å²) in [5.74, 6) is 0. The topological polar surface area (TPSA) is 29.0 Å². The Morgan fingerprint density at radius 2 is 1.86 bits per heavy atom. The van der Waals surface area contributed by atoms with Gasteiger partial charge in [0, 0.05) is 23.7 Å². The maximum atomic E-state index is 5.96. The standard InChI is InChI=1S/C15H11Cl2N3S/c16-14-15(17)19-12-7-10(1-2-11(12)18-14)20-5-3-13-9(8-20)4-6-21-13/h1-2,4,6-7H,3,5,8H2. The second-order valence-electron chi connectivity index (χ2n) is 5.02. The Hall–Kier alpha value is -1.36. The van der Waals surface area contributed by atoms with Crippen LogP contribution in [0.2, 0.25) is 10.3 Å². The predicted molar refractivity (Wildman–Crippen MR) is 88.6 cm³/mol. The van der Waals surface area contributed by atoms with Crippen LogP contribution in [0.15, 0.2) is 29.6 Å². The van der Waals surface area contributed by atoms with Gasteiger partial charge in [0.05, 0.1) is 11.0 Å². The van der Waals surface area contributed by atoms with Gasteiger partial charge < -0.3 is 4.90 Å². The number of fused-ring (bicyclic) bond motifs is 2. The SMILES string of the molecule is Clc1nc2ccc(N3CCc4sccc4C3)cc2nc1Cl. The summed E-state index contributed by atoms with van der Waals surface area (Å²) in [6.07, 6.45) is 1.10. The molecule has 0 saturated carbocycles. The van der Waals surface area contributed by atoms with Crippen molar-refractivity contribution in [3.8, 4) is 0 Å². The Kier molecular flexibility index (Phi) is 3.25. The summed E-state index contributed by atoms with van der Waals surface area (Å²) in [6.45, 7) is 1.97. The molecule has 1 aliphatic rings. The van der Waals surface area contributed by atoms with Crippen molar-refractivity contribution in [1.82, 2.24) is 9.97 Å². The van der Waals surface area contributed by atoms with Gasteiger partial charge in [0.25, 0.3) is 0 Å². The molecule has 2 aromatic heterocycles. The number of anilines is 1. The molecule has 0 atom stereocenters. The Morgan fingerprint density at radius 1 is 1.05 bits per heavy atom. The van der Waals surface area contributed by atoms with E-state index >= 15 is 0 Å². The number of hydrogen-bond acceptors (Lipinski definition) is 4. The van der Waals surface area contributed by atoms with Crippen LogP contribution in [0.4, 0.5) is 5.69 Å².